The van der Waals surface area contributed by atoms with Crippen LogP contribution in [-0.2, 0) is 6.42 Å². The van der Waals surface area contributed by atoms with Gasteiger partial charge in [0.2, 0.25) is 0 Å². The number of fused-ring (bicyclic) bond motifs is 1. The van der Waals surface area contributed by atoms with Crippen molar-refractivity contribution in [2.45, 2.75) is 39.2 Å². The van der Waals surface area contributed by atoms with Gasteiger partial charge in [-0.2, -0.15) is 5.26 Å². The van der Waals surface area contributed by atoms with Crippen molar-refractivity contribution in [3.63, 3.8) is 0 Å². The minimum atomic E-state index is -0.375. The molecule has 0 bridgehead atoms. The Hall–Kier alpha value is -4.04. The van der Waals surface area contributed by atoms with Crippen LogP contribution in [-0.4, -0.2) is 10.9 Å². The molecule has 0 aliphatic rings. The minimum Gasteiger partial charge on any atom is -0.345 e. The first-order chi connectivity index (χ1) is 17.0. The minimum absolute atomic E-state index is 0.0416. The van der Waals surface area contributed by atoms with Gasteiger partial charge >= 0.3 is 0 Å². The zero-order valence-corrected chi connectivity index (χ0v) is 20.0. The standard InChI is InChI=1S/C30H28FN3O/c1-3-10-20(2)28(22-13-9-14-23(31)19-22)34-30(35)27-24-15-7-8-16-26(24)33-29(25(27)17-18-32)21-11-5-4-6-12-21/h4-9,11-16,19-20,28H,3,10,17H2,1-2H3,(H,34,35)/t20?,28-/m0/s1. The molecule has 35 heavy (non-hydrogen) atoms. The van der Waals surface area contributed by atoms with Crippen LogP contribution >= 0.6 is 0 Å². The molecule has 4 rings (SSSR count). The summed E-state index contributed by atoms with van der Waals surface area (Å²) in [4.78, 5) is 18.8. The first-order valence-corrected chi connectivity index (χ1v) is 11.9. The molecule has 1 unspecified atom stereocenters. The molecule has 5 heteroatoms. The van der Waals surface area contributed by atoms with Crippen LogP contribution in [0.4, 0.5) is 4.39 Å². The highest BCUT2D eigenvalue weighted by atomic mass is 19.1. The average molecular weight is 466 g/mol. The van der Waals surface area contributed by atoms with Crippen molar-refractivity contribution in [3.05, 3.63) is 101 Å². The molecule has 1 amide bonds. The van der Waals surface area contributed by atoms with Gasteiger partial charge in [0.05, 0.1) is 35.3 Å². The van der Waals surface area contributed by atoms with Crippen molar-refractivity contribution < 1.29 is 9.18 Å². The van der Waals surface area contributed by atoms with Gasteiger partial charge in [0.25, 0.3) is 5.91 Å². The summed E-state index contributed by atoms with van der Waals surface area (Å²) in [7, 11) is 0. The van der Waals surface area contributed by atoms with Gasteiger partial charge in [0.1, 0.15) is 5.82 Å². The van der Waals surface area contributed by atoms with Crippen molar-refractivity contribution in [1.29, 1.82) is 5.26 Å². The third-order valence-corrected chi connectivity index (χ3v) is 6.33. The molecular formula is C30H28FN3O. The van der Waals surface area contributed by atoms with Crippen molar-refractivity contribution in [3.8, 4) is 17.3 Å². The van der Waals surface area contributed by atoms with Crippen LogP contribution in [0.2, 0.25) is 0 Å². The summed E-state index contributed by atoms with van der Waals surface area (Å²) < 4.78 is 14.1. The molecule has 0 saturated heterocycles. The number of carbonyl (C=O) groups is 1. The van der Waals surface area contributed by atoms with E-state index in [0.29, 0.717) is 27.7 Å². The number of benzene rings is 3. The van der Waals surface area contributed by atoms with Gasteiger partial charge in [0.15, 0.2) is 0 Å². The third kappa shape index (κ3) is 5.22. The second-order valence-corrected chi connectivity index (χ2v) is 8.80. The lowest BCUT2D eigenvalue weighted by Crippen LogP contribution is -2.33. The topological polar surface area (TPSA) is 65.8 Å². The fourth-order valence-electron chi connectivity index (χ4n) is 4.69. The molecule has 0 radical (unpaired) electrons. The van der Waals surface area contributed by atoms with Crippen LogP contribution in [0.1, 0.15) is 54.2 Å². The van der Waals surface area contributed by atoms with E-state index in [1.165, 1.54) is 12.1 Å². The zero-order chi connectivity index (χ0) is 24.8. The molecule has 0 spiro atoms. The van der Waals surface area contributed by atoms with Gasteiger partial charge in [0, 0.05) is 16.5 Å². The molecule has 176 valence electrons. The second kappa shape index (κ2) is 10.9. The number of hydrogen-bond acceptors (Lipinski definition) is 3. The molecular weight excluding hydrogens is 437 g/mol. The van der Waals surface area contributed by atoms with Crippen LogP contribution in [0.5, 0.6) is 0 Å². The molecule has 0 fully saturated rings. The van der Waals surface area contributed by atoms with Crippen LogP contribution in [0.15, 0.2) is 78.9 Å². The molecule has 3 aromatic carbocycles. The quantitative estimate of drug-likeness (QED) is 0.304. The molecule has 4 nitrogen and oxygen atoms in total. The highest BCUT2D eigenvalue weighted by Gasteiger charge is 2.26. The predicted molar refractivity (Wildman–Crippen MR) is 137 cm³/mol. The lowest BCUT2D eigenvalue weighted by atomic mass is 9.89. The SMILES string of the molecule is CCCC(C)[C@H](NC(=O)c1c(CC#N)c(-c2ccccc2)nc2ccccc12)c1cccc(F)c1. The number of nitriles is 1. The Bertz CT molecular complexity index is 1380. The molecule has 1 aromatic heterocycles. The Kier molecular flexibility index (Phi) is 7.52. The van der Waals surface area contributed by atoms with Gasteiger partial charge in [-0.1, -0.05) is 80.9 Å². The van der Waals surface area contributed by atoms with Crippen molar-refractivity contribution in [2.24, 2.45) is 5.92 Å². The Balaban J connectivity index is 1.88. The number of pyridine rings is 1. The van der Waals surface area contributed by atoms with Gasteiger partial charge < -0.3 is 5.32 Å². The lowest BCUT2D eigenvalue weighted by molar-refractivity contribution is 0.0922. The highest BCUT2D eigenvalue weighted by Crippen LogP contribution is 2.32. The molecule has 4 aromatic rings. The third-order valence-electron chi connectivity index (χ3n) is 6.33. The molecule has 0 saturated carbocycles. The number of aromatic nitrogens is 1. The molecule has 2 atom stereocenters. The summed E-state index contributed by atoms with van der Waals surface area (Å²) in [6, 6.07) is 25.3. The lowest BCUT2D eigenvalue weighted by Gasteiger charge is -2.26. The number of nitrogens with one attached hydrogen (secondary N) is 1. The maximum Gasteiger partial charge on any atom is 0.252 e. The number of nitrogens with zero attached hydrogens (tertiary/aromatic N) is 2. The summed E-state index contributed by atoms with van der Waals surface area (Å²) >= 11 is 0. The largest absolute Gasteiger partial charge is 0.345 e. The Morgan fingerprint density at radius 3 is 2.51 bits per heavy atom. The van der Waals surface area contributed by atoms with E-state index in [4.69, 9.17) is 4.98 Å². The number of hydrogen-bond donors (Lipinski definition) is 1. The molecule has 0 aliphatic carbocycles. The monoisotopic (exact) mass is 465 g/mol. The second-order valence-electron chi connectivity index (χ2n) is 8.80. The Labute approximate surface area is 205 Å². The van der Waals surface area contributed by atoms with E-state index in [2.05, 4.69) is 25.2 Å². The number of para-hydroxylation sites is 1. The number of carbonyl (C=O) groups excluding carboxylic acids is 1. The average Bonchev–Trinajstić information content (AvgIpc) is 2.87. The van der Waals surface area contributed by atoms with Crippen molar-refractivity contribution >= 4 is 16.8 Å². The first kappa shape index (κ1) is 24.1. The van der Waals surface area contributed by atoms with E-state index >= 15 is 0 Å². The van der Waals surface area contributed by atoms with E-state index in [-0.39, 0.29) is 30.1 Å². The summed E-state index contributed by atoms with van der Waals surface area (Å²) in [6.45, 7) is 4.16. The fraction of sp³-hybridized carbons (Fsp3) is 0.233. The van der Waals surface area contributed by atoms with Gasteiger partial charge in [-0.25, -0.2) is 9.37 Å². The van der Waals surface area contributed by atoms with Crippen LogP contribution in [0, 0.1) is 23.1 Å². The molecule has 1 heterocycles. The summed E-state index contributed by atoms with van der Waals surface area (Å²) in [5, 5.41) is 13.5. The number of amides is 1. The van der Waals surface area contributed by atoms with Crippen LogP contribution in [0.25, 0.3) is 22.2 Å². The predicted octanol–water partition coefficient (Wildman–Crippen LogP) is 7.01. The van der Waals surface area contributed by atoms with Gasteiger partial charge in [-0.05, 0) is 36.1 Å². The zero-order valence-electron chi connectivity index (χ0n) is 20.0. The van der Waals surface area contributed by atoms with E-state index in [9.17, 15) is 14.4 Å². The smallest absolute Gasteiger partial charge is 0.252 e. The van der Waals surface area contributed by atoms with Crippen molar-refractivity contribution in [2.75, 3.05) is 0 Å². The molecule has 0 aliphatic heterocycles. The maximum absolute atomic E-state index is 14.1. The number of rotatable bonds is 8. The van der Waals surface area contributed by atoms with E-state index < -0.39 is 0 Å². The fourth-order valence-corrected chi connectivity index (χ4v) is 4.69. The summed E-state index contributed by atoms with van der Waals surface area (Å²) in [5.41, 5.74) is 3.92. The Morgan fingerprint density at radius 2 is 1.80 bits per heavy atom. The van der Waals surface area contributed by atoms with Crippen LogP contribution in [0.3, 0.4) is 0 Å². The Morgan fingerprint density at radius 1 is 1.06 bits per heavy atom. The van der Waals surface area contributed by atoms with E-state index in [0.717, 1.165) is 24.0 Å². The summed E-state index contributed by atoms with van der Waals surface area (Å²) in [5.74, 6) is -0.536. The normalized spacial score (nSPS) is 12.6. The highest BCUT2D eigenvalue weighted by molar-refractivity contribution is 6.09. The van der Waals surface area contributed by atoms with Crippen LogP contribution < -0.4 is 5.32 Å². The van der Waals surface area contributed by atoms with E-state index in [1.54, 1.807) is 6.07 Å². The van der Waals surface area contributed by atoms with Gasteiger partial charge in [-0.15, -0.1) is 0 Å². The number of halogens is 1. The molecule has 1 N–H and O–H groups in total. The van der Waals surface area contributed by atoms with Crippen molar-refractivity contribution in [1.82, 2.24) is 10.3 Å². The summed E-state index contributed by atoms with van der Waals surface area (Å²) in [6.07, 6.45) is 1.86. The van der Waals surface area contributed by atoms with E-state index in [1.807, 2.05) is 60.7 Å². The first-order valence-electron chi connectivity index (χ1n) is 11.9. The maximum atomic E-state index is 14.1. The van der Waals surface area contributed by atoms with Gasteiger partial charge in [-0.3, -0.25) is 4.79 Å².